The zero-order chi connectivity index (χ0) is 14.4. The van der Waals surface area contributed by atoms with Gasteiger partial charge >= 0.3 is 11.9 Å². The van der Waals surface area contributed by atoms with Crippen molar-refractivity contribution in [2.45, 2.75) is 40.2 Å². The number of aryl methyl sites for hydroxylation is 1. The summed E-state index contributed by atoms with van der Waals surface area (Å²) < 4.78 is 4.68. The molecule has 1 rings (SSSR count). The number of carbonyl (C=O) groups is 2. The minimum atomic E-state index is -0.843. The van der Waals surface area contributed by atoms with Crippen LogP contribution in [0.5, 0.6) is 0 Å². The highest BCUT2D eigenvalue weighted by atomic mass is 32.1. The molecule has 1 atom stereocenters. The largest absolute Gasteiger partial charge is 0.459 e. The molecule has 0 saturated heterocycles. The molecule has 1 N–H and O–H groups in total. The van der Waals surface area contributed by atoms with Crippen LogP contribution < -0.4 is 5.32 Å². The van der Waals surface area contributed by atoms with E-state index in [1.54, 1.807) is 6.92 Å². The normalized spacial score (nSPS) is 12.3. The molecule has 19 heavy (non-hydrogen) atoms. The summed E-state index contributed by atoms with van der Waals surface area (Å²) in [7, 11) is 0. The average Bonchev–Trinajstić information content (AvgIpc) is 2.74. The number of thiazole rings is 1. The van der Waals surface area contributed by atoms with E-state index in [2.05, 4.69) is 28.9 Å². The number of hydrogen-bond acceptors (Lipinski definition) is 5. The maximum Gasteiger partial charge on any atom is 0.396 e. The number of aromatic nitrogens is 1. The Morgan fingerprint density at radius 2 is 2.16 bits per heavy atom. The minimum absolute atomic E-state index is 0.192. The number of esters is 1. The Hall–Kier alpha value is -1.43. The Labute approximate surface area is 117 Å². The van der Waals surface area contributed by atoms with E-state index >= 15 is 0 Å². The van der Waals surface area contributed by atoms with Gasteiger partial charge in [0.25, 0.3) is 0 Å². The number of rotatable bonds is 5. The van der Waals surface area contributed by atoms with Crippen molar-refractivity contribution in [2.75, 3.05) is 6.61 Å². The van der Waals surface area contributed by atoms with Crippen LogP contribution in [0.1, 0.15) is 43.9 Å². The maximum absolute atomic E-state index is 11.7. The molecule has 0 aliphatic carbocycles. The SMILES string of the molecule is CCOC(=O)C(=O)NC(CC(C)C)c1nc(C)cs1. The van der Waals surface area contributed by atoms with E-state index in [4.69, 9.17) is 0 Å². The van der Waals surface area contributed by atoms with Crippen molar-refractivity contribution in [1.29, 1.82) is 0 Å². The average molecular weight is 284 g/mol. The highest BCUT2D eigenvalue weighted by Crippen LogP contribution is 2.24. The van der Waals surface area contributed by atoms with E-state index in [0.29, 0.717) is 5.92 Å². The summed E-state index contributed by atoms with van der Waals surface area (Å²) >= 11 is 1.49. The van der Waals surface area contributed by atoms with Crippen LogP contribution >= 0.6 is 11.3 Å². The molecule has 1 amide bonds. The zero-order valence-electron chi connectivity index (χ0n) is 11.7. The number of ether oxygens (including phenoxy) is 1. The fourth-order valence-corrected chi connectivity index (χ4v) is 2.50. The van der Waals surface area contributed by atoms with Gasteiger partial charge in [0.2, 0.25) is 0 Å². The van der Waals surface area contributed by atoms with Gasteiger partial charge in [-0.15, -0.1) is 11.3 Å². The molecule has 0 radical (unpaired) electrons. The second kappa shape index (κ2) is 7.23. The second-order valence-corrected chi connectivity index (χ2v) is 5.59. The van der Waals surface area contributed by atoms with E-state index in [9.17, 15) is 9.59 Å². The van der Waals surface area contributed by atoms with Crippen LogP contribution in [0.3, 0.4) is 0 Å². The van der Waals surface area contributed by atoms with Gasteiger partial charge in [-0.2, -0.15) is 0 Å². The van der Waals surface area contributed by atoms with Gasteiger partial charge in [-0.3, -0.25) is 4.79 Å². The second-order valence-electron chi connectivity index (χ2n) is 4.70. The van der Waals surface area contributed by atoms with Gasteiger partial charge in [-0.1, -0.05) is 13.8 Å². The van der Waals surface area contributed by atoms with Crippen LogP contribution in [0.2, 0.25) is 0 Å². The van der Waals surface area contributed by atoms with Crippen LogP contribution in [0.25, 0.3) is 0 Å². The number of nitrogens with one attached hydrogen (secondary N) is 1. The summed E-state index contributed by atoms with van der Waals surface area (Å²) in [5.41, 5.74) is 0.916. The van der Waals surface area contributed by atoms with E-state index in [1.165, 1.54) is 11.3 Å². The Bertz CT molecular complexity index is 443. The first-order valence-electron chi connectivity index (χ1n) is 6.33. The lowest BCUT2D eigenvalue weighted by Crippen LogP contribution is -2.36. The highest BCUT2D eigenvalue weighted by molar-refractivity contribution is 7.09. The van der Waals surface area contributed by atoms with Crippen LogP contribution in [0, 0.1) is 12.8 Å². The van der Waals surface area contributed by atoms with Crippen molar-refractivity contribution in [1.82, 2.24) is 10.3 Å². The lowest BCUT2D eigenvalue weighted by atomic mass is 10.0. The lowest BCUT2D eigenvalue weighted by molar-refractivity contribution is -0.154. The summed E-state index contributed by atoms with van der Waals surface area (Å²) in [6.45, 7) is 7.88. The van der Waals surface area contributed by atoms with Crippen LogP contribution in [0.4, 0.5) is 0 Å². The lowest BCUT2D eigenvalue weighted by Gasteiger charge is -2.17. The van der Waals surface area contributed by atoms with Crippen molar-refractivity contribution in [3.63, 3.8) is 0 Å². The highest BCUT2D eigenvalue weighted by Gasteiger charge is 2.23. The summed E-state index contributed by atoms with van der Waals surface area (Å²) in [5.74, 6) is -1.17. The van der Waals surface area contributed by atoms with E-state index in [0.717, 1.165) is 17.1 Å². The molecule has 0 aliphatic heterocycles. The van der Waals surface area contributed by atoms with Crippen molar-refractivity contribution in [3.8, 4) is 0 Å². The molecule has 6 heteroatoms. The molecule has 0 aromatic carbocycles. The molecule has 1 aromatic rings. The van der Waals surface area contributed by atoms with Crippen LogP contribution in [0.15, 0.2) is 5.38 Å². The Morgan fingerprint density at radius 3 is 2.63 bits per heavy atom. The van der Waals surface area contributed by atoms with Crippen LogP contribution in [-0.2, 0) is 14.3 Å². The molecule has 0 bridgehead atoms. The molecule has 0 spiro atoms. The molecule has 1 heterocycles. The number of hydrogen-bond donors (Lipinski definition) is 1. The van der Waals surface area contributed by atoms with Gasteiger partial charge in [-0.05, 0) is 26.2 Å². The van der Waals surface area contributed by atoms with Gasteiger partial charge in [0.15, 0.2) is 0 Å². The fraction of sp³-hybridized carbons (Fsp3) is 0.615. The molecule has 0 aliphatic rings. The molecular formula is C13H20N2O3S. The predicted molar refractivity (Wildman–Crippen MR) is 73.8 cm³/mol. The van der Waals surface area contributed by atoms with E-state index < -0.39 is 11.9 Å². The van der Waals surface area contributed by atoms with E-state index in [1.807, 2.05) is 12.3 Å². The van der Waals surface area contributed by atoms with Gasteiger partial charge in [0.1, 0.15) is 5.01 Å². The number of nitrogens with zero attached hydrogens (tertiary/aromatic N) is 1. The fourth-order valence-electron chi connectivity index (χ4n) is 1.64. The molecule has 1 unspecified atom stereocenters. The molecular weight excluding hydrogens is 264 g/mol. The van der Waals surface area contributed by atoms with Crippen molar-refractivity contribution >= 4 is 23.2 Å². The number of carbonyl (C=O) groups excluding carboxylic acids is 2. The van der Waals surface area contributed by atoms with Gasteiger partial charge < -0.3 is 10.1 Å². The third-order valence-electron chi connectivity index (χ3n) is 2.41. The van der Waals surface area contributed by atoms with Gasteiger partial charge in [0, 0.05) is 11.1 Å². The molecule has 5 nitrogen and oxygen atoms in total. The third-order valence-corrected chi connectivity index (χ3v) is 3.48. The minimum Gasteiger partial charge on any atom is -0.459 e. The Balaban J connectivity index is 2.75. The van der Waals surface area contributed by atoms with E-state index in [-0.39, 0.29) is 12.6 Å². The first-order valence-corrected chi connectivity index (χ1v) is 7.21. The maximum atomic E-state index is 11.7. The molecule has 0 fully saturated rings. The smallest absolute Gasteiger partial charge is 0.396 e. The standard InChI is InChI=1S/C13H20N2O3S/c1-5-18-13(17)11(16)15-10(6-8(2)3)12-14-9(4)7-19-12/h7-8,10H,5-6H2,1-4H3,(H,15,16). The summed E-state index contributed by atoms with van der Waals surface area (Å²) in [4.78, 5) is 27.4. The predicted octanol–water partition coefficient (Wildman–Crippen LogP) is 2.22. The van der Waals surface area contributed by atoms with Gasteiger partial charge in [0.05, 0.1) is 12.6 Å². The van der Waals surface area contributed by atoms with Crippen molar-refractivity contribution < 1.29 is 14.3 Å². The van der Waals surface area contributed by atoms with Crippen molar-refractivity contribution in [3.05, 3.63) is 16.1 Å². The summed E-state index contributed by atoms with van der Waals surface area (Å²) in [6.07, 6.45) is 0.734. The third kappa shape index (κ3) is 4.98. The van der Waals surface area contributed by atoms with Crippen molar-refractivity contribution in [2.24, 2.45) is 5.92 Å². The van der Waals surface area contributed by atoms with Crippen LogP contribution in [-0.4, -0.2) is 23.5 Å². The first-order chi connectivity index (χ1) is 8.93. The number of amides is 1. The topological polar surface area (TPSA) is 68.3 Å². The van der Waals surface area contributed by atoms with Gasteiger partial charge in [-0.25, -0.2) is 9.78 Å². The monoisotopic (exact) mass is 284 g/mol. The summed E-state index contributed by atoms with van der Waals surface area (Å²) in [5, 5.41) is 5.45. The summed E-state index contributed by atoms with van der Waals surface area (Å²) in [6, 6.07) is -0.240. The Morgan fingerprint density at radius 1 is 1.47 bits per heavy atom. The zero-order valence-corrected chi connectivity index (χ0v) is 12.5. The molecule has 106 valence electrons. The first kappa shape index (κ1) is 15.6. The quantitative estimate of drug-likeness (QED) is 0.665. The molecule has 1 aromatic heterocycles. The Kier molecular flexibility index (Phi) is 5.95. The molecule has 0 saturated carbocycles.